The molecule has 2 heterocycles. The number of carbonyl (C=O) groups is 3. The summed E-state index contributed by atoms with van der Waals surface area (Å²) in [5, 5.41) is 2.87. The fourth-order valence-corrected chi connectivity index (χ4v) is 2.86. The van der Waals surface area contributed by atoms with E-state index in [-0.39, 0.29) is 23.7 Å². The first-order chi connectivity index (χ1) is 11.2. The molecule has 2 unspecified atom stereocenters. The van der Waals surface area contributed by atoms with E-state index in [1.807, 2.05) is 12.1 Å². The van der Waals surface area contributed by atoms with E-state index in [0.717, 1.165) is 12.0 Å². The van der Waals surface area contributed by atoms with Crippen molar-refractivity contribution in [3.05, 3.63) is 30.1 Å². The van der Waals surface area contributed by atoms with Crippen molar-refractivity contribution >= 4 is 18.2 Å². The summed E-state index contributed by atoms with van der Waals surface area (Å²) in [7, 11) is 0. The summed E-state index contributed by atoms with van der Waals surface area (Å²) in [6.45, 7) is 2.71. The topological polar surface area (TPSA) is 82.6 Å². The maximum Gasteiger partial charge on any atom is 0.226 e. The number of amides is 3. The molecule has 7 nitrogen and oxygen atoms in total. The van der Waals surface area contributed by atoms with Crippen molar-refractivity contribution in [2.75, 3.05) is 26.2 Å². The van der Waals surface area contributed by atoms with Crippen molar-refractivity contribution < 1.29 is 14.4 Å². The van der Waals surface area contributed by atoms with E-state index in [1.54, 1.807) is 22.2 Å². The Balaban J connectivity index is 1.44. The number of nitrogens with one attached hydrogen (secondary N) is 1. The number of carbonyl (C=O) groups excluding carboxylic acids is 3. The predicted octanol–water partition coefficient (Wildman–Crippen LogP) is -0.365. The van der Waals surface area contributed by atoms with E-state index in [2.05, 4.69) is 10.3 Å². The van der Waals surface area contributed by atoms with E-state index in [0.29, 0.717) is 39.1 Å². The lowest BCUT2D eigenvalue weighted by atomic mass is 10.2. The van der Waals surface area contributed by atoms with E-state index >= 15 is 0 Å². The first kappa shape index (κ1) is 15.5. The van der Waals surface area contributed by atoms with Crippen LogP contribution >= 0.6 is 0 Å². The van der Waals surface area contributed by atoms with E-state index in [1.165, 1.54) is 0 Å². The number of aromatic nitrogens is 1. The third kappa shape index (κ3) is 3.67. The normalized spacial score (nSPS) is 23.3. The van der Waals surface area contributed by atoms with E-state index in [9.17, 15) is 14.4 Å². The molecule has 1 aromatic heterocycles. The van der Waals surface area contributed by atoms with Gasteiger partial charge >= 0.3 is 0 Å². The van der Waals surface area contributed by atoms with E-state index in [4.69, 9.17) is 0 Å². The highest BCUT2D eigenvalue weighted by Crippen LogP contribution is 2.40. The first-order valence-corrected chi connectivity index (χ1v) is 7.84. The van der Waals surface area contributed by atoms with Gasteiger partial charge in [-0.15, -0.1) is 0 Å². The van der Waals surface area contributed by atoms with Crippen LogP contribution < -0.4 is 5.32 Å². The Kier molecular flexibility index (Phi) is 4.55. The van der Waals surface area contributed by atoms with Gasteiger partial charge in [0.2, 0.25) is 18.2 Å². The summed E-state index contributed by atoms with van der Waals surface area (Å²) in [6.07, 6.45) is 4.80. The van der Waals surface area contributed by atoms with Gasteiger partial charge in [0.1, 0.15) is 0 Å². The number of hydrogen-bond acceptors (Lipinski definition) is 4. The number of pyridine rings is 1. The van der Waals surface area contributed by atoms with Crippen molar-refractivity contribution in [2.24, 2.45) is 11.8 Å². The summed E-state index contributed by atoms with van der Waals surface area (Å²) < 4.78 is 0. The molecular formula is C16H20N4O3. The molecular weight excluding hydrogens is 296 g/mol. The molecule has 122 valence electrons. The lowest BCUT2D eigenvalue weighted by Crippen LogP contribution is -2.48. The van der Waals surface area contributed by atoms with Gasteiger partial charge in [-0.1, -0.05) is 0 Å². The number of hydrogen-bond donors (Lipinski definition) is 1. The molecule has 2 aliphatic rings. The quantitative estimate of drug-likeness (QED) is 0.752. The smallest absolute Gasteiger partial charge is 0.226 e. The zero-order valence-corrected chi connectivity index (χ0v) is 12.9. The van der Waals surface area contributed by atoms with Crippen LogP contribution in [0.5, 0.6) is 0 Å². The lowest BCUT2D eigenvalue weighted by molar-refractivity contribution is -0.137. The van der Waals surface area contributed by atoms with Crippen LogP contribution in [0.25, 0.3) is 0 Å². The standard InChI is InChI=1S/C16H20N4O3/c21-11-19-5-7-20(8-6-19)16(23)14-9-13(14)15(22)18-10-12-1-3-17-4-2-12/h1-4,11,13-14H,5-10H2,(H,18,22). The molecule has 1 aliphatic carbocycles. The van der Waals surface area contributed by atoms with Gasteiger partial charge in [-0.25, -0.2) is 0 Å². The van der Waals surface area contributed by atoms with Crippen LogP contribution in [0.15, 0.2) is 24.5 Å². The monoisotopic (exact) mass is 316 g/mol. The molecule has 7 heteroatoms. The second-order valence-electron chi connectivity index (χ2n) is 5.99. The Bertz CT molecular complexity index is 584. The third-order valence-corrected chi connectivity index (χ3v) is 4.44. The molecule has 1 saturated carbocycles. The maximum atomic E-state index is 12.4. The van der Waals surface area contributed by atoms with Crippen LogP contribution in [0.1, 0.15) is 12.0 Å². The Morgan fingerprint density at radius 3 is 2.52 bits per heavy atom. The molecule has 0 bridgehead atoms. The van der Waals surface area contributed by atoms with Gasteiger partial charge in [0.25, 0.3) is 0 Å². The number of nitrogens with zero attached hydrogens (tertiary/aromatic N) is 3. The van der Waals surface area contributed by atoms with Crippen molar-refractivity contribution in [1.29, 1.82) is 0 Å². The molecule has 0 spiro atoms. The van der Waals surface area contributed by atoms with Crippen molar-refractivity contribution in [1.82, 2.24) is 20.1 Å². The van der Waals surface area contributed by atoms with Crippen molar-refractivity contribution in [2.45, 2.75) is 13.0 Å². The van der Waals surface area contributed by atoms with Crippen LogP contribution in [0.3, 0.4) is 0 Å². The van der Waals surface area contributed by atoms with Gasteiger partial charge < -0.3 is 15.1 Å². The summed E-state index contributed by atoms with van der Waals surface area (Å²) >= 11 is 0. The minimum Gasteiger partial charge on any atom is -0.352 e. The summed E-state index contributed by atoms with van der Waals surface area (Å²) in [5.74, 6) is -0.435. The molecule has 3 amide bonds. The minimum atomic E-state index is -0.214. The van der Waals surface area contributed by atoms with Crippen LogP contribution in [0, 0.1) is 11.8 Å². The fourth-order valence-electron chi connectivity index (χ4n) is 2.86. The Labute approximate surface area is 134 Å². The zero-order chi connectivity index (χ0) is 16.2. The fraction of sp³-hybridized carbons (Fsp3) is 0.500. The molecule has 1 aliphatic heterocycles. The van der Waals surface area contributed by atoms with Gasteiger partial charge in [-0.3, -0.25) is 19.4 Å². The zero-order valence-electron chi connectivity index (χ0n) is 12.9. The molecule has 0 aromatic carbocycles. The molecule has 2 atom stereocenters. The largest absolute Gasteiger partial charge is 0.352 e. The van der Waals surface area contributed by atoms with Crippen LogP contribution in [-0.2, 0) is 20.9 Å². The second kappa shape index (κ2) is 6.76. The molecule has 1 aromatic rings. The average molecular weight is 316 g/mol. The highest BCUT2D eigenvalue weighted by Gasteiger charge is 2.49. The predicted molar refractivity (Wildman–Crippen MR) is 81.9 cm³/mol. The summed E-state index contributed by atoms with van der Waals surface area (Å²) in [5.41, 5.74) is 0.988. The van der Waals surface area contributed by atoms with Gasteiger partial charge in [0.15, 0.2) is 0 Å². The lowest BCUT2D eigenvalue weighted by Gasteiger charge is -2.32. The van der Waals surface area contributed by atoms with Crippen LogP contribution in [-0.4, -0.2) is 59.2 Å². The Hall–Kier alpha value is -2.44. The third-order valence-electron chi connectivity index (χ3n) is 4.44. The van der Waals surface area contributed by atoms with Crippen molar-refractivity contribution in [3.8, 4) is 0 Å². The highest BCUT2D eigenvalue weighted by molar-refractivity contribution is 5.92. The van der Waals surface area contributed by atoms with E-state index < -0.39 is 0 Å². The van der Waals surface area contributed by atoms with Crippen LogP contribution in [0.2, 0.25) is 0 Å². The van der Waals surface area contributed by atoms with Gasteiger partial charge in [0, 0.05) is 45.1 Å². The molecule has 3 rings (SSSR count). The highest BCUT2D eigenvalue weighted by atomic mass is 16.2. The van der Waals surface area contributed by atoms with Gasteiger partial charge in [-0.2, -0.15) is 0 Å². The maximum absolute atomic E-state index is 12.4. The molecule has 23 heavy (non-hydrogen) atoms. The number of piperazine rings is 1. The SMILES string of the molecule is O=CN1CCN(C(=O)C2CC2C(=O)NCc2ccncc2)CC1. The minimum absolute atomic E-state index is 0.0413. The van der Waals surface area contributed by atoms with Crippen molar-refractivity contribution in [3.63, 3.8) is 0 Å². The second-order valence-corrected chi connectivity index (χ2v) is 5.99. The Morgan fingerprint density at radius 2 is 1.87 bits per heavy atom. The molecule has 1 N–H and O–H groups in total. The molecule has 2 fully saturated rings. The molecule has 0 radical (unpaired) electrons. The van der Waals surface area contributed by atoms with Gasteiger partial charge in [0.05, 0.1) is 11.8 Å². The van der Waals surface area contributed by atoms with Gasteiger partial charge in [-0.05, 0) is 24.1 Å². The summed E-state index contributed by atoms with van der Waals surface area (Å²) in [6, 6.07) is 3.70. The molecule has 1 saturated heterocycles. The summed E-state index contributed by atoms with van der Waals surface area (Å²) in [4.78, 5) is 42.5. The average Bonchev–Trinajstić information content (AvgIpc) is 3.41. The Morgan fingerprint density at radius 1 is 1.17 bits per heavy atom. The first-order valence-electron chi connectivity index (χ1n) is 7.84. The van der Waals surface area contributed by atoms with Crippen LogP contribution in [0.4, 0.5) is 0 Å². The number of rotatable bonds is 5.